The molecule has 0 spiro atoms. The van der Waals surface area contributed by atoms with Crippen LogP contribution in [0.25, 0.3) is 5.69 Å². The lowest BCUT2D eigenvalue weighted by atomic mass is 9.96. The Kier molecular flexibility index (Phi) is 5.91. The van der Waals surface area contributed by atoms with E-state index in [0.717, 1.165) is 30.2 Å². The van der Waals surface area contributed by atoms with Crippen LogP contribution in [0.15, 0.2) is 54.7 Å². The van der Waals surface area contributed by atoms with E-state index in [-0.39, 0.29) is 12.1 Å². The SMILES string of the molecule is CCCCN1C(=S)N[C@H](c2ccccn2)[C@@H]1c1cc(C)n(-c2cccc(C)c2)c1C. The lowest BCUT2D eigenvalue weighted by Crippen LogP contribution is -2.30. The van der Waals surface area contributed by atoms with Gasteiger partial charge < -0.3 is 14.8 Å². The molecule has 0 saturated carbocycles. The van der Waals surface area contributed by atoms with Crippen molar-refractivity contribution in [1.29, 1.82) is 0 Å². The van der Waals surface area contributed by atoms with Crippen molar-refractivity contribution in [2.24, 2.45) is 0 Å². The molecule has 1 aromatic carbocycles. The normalized spacial score (nSPS) is 18.7. The average molecular weight is 419 g/mol. The van der Waals surface area contributed by atoms with E-state index in [1.54, 1.807) is 0 Å². The minimum atomic E-state index is 0.0435. The fourth-order valence-electron chi connectivity index (χ4n) is 4.56. The van der Waals surface area contributed by atoms with E-state index in [2.05, 4.69) is 89.9 Å². The third-order valence-corrected chi connectivity index (χ3v) is 6.35. The first-order valence-corrected chi connectivity index (χ1v) is 11.2. The Labute approximate surface area is 184 Å². The first kappa shape index (κ1) is 20.6. The molecule has 30 heavy (non-hydrogen) atoms. The Morgan fingerprint density at radius 1 is 1.07 bits per heavy atom. The monoisotopic (exact) mass is 418 g/mol. The summed E-state index contributed by atoms with van der Waals surface area (Å²) < 4.78 is 2.36. The first-order chi connectivity index (χ1) is 14.5. The van der Waals surface area contributed by atoms with Gasteiger partial charge in [0.2, 0.25) is 0 Å². The summed E-state index contributed by atoms with van der Waals surface area (Å²) in [5.41, 5.74) is 7.32. The van der Waals surface area contributed by atoms with E-state index in [1.807, 2.05) is 12.3 Å². The second kappa shape index (κ2) is 8.60. The average Bonchev–Trinajstić information content (AvgIpc) is 3.22. The van der Waals surface area contributed by atoms with Crippen LogP contribution < -0.4 is 5.32 Å². The fourth-order valence-corrected chi connectivity index (χ4v) is 4.90. The third-order valence-electron chi connectivity index (χ3n) is 6.00. The van der Waals surface area contributed by atoms with E-state index in [4.69, 9.17) is 12.2 Å². The highest BCUT2D eigenvalue weighted by atomic mass is 32.1. The molecule has 4 nitrogen and oxygen atoms in total. The molecule has 3 heterocycles. The van der Waals surface area contributed by atoms with Crippen molar-refractivity contribution in [3.8, 4) is 5.69 Å². The molecule has 0 bridgehead atoms. The molecule has 2 atom stereocenters. The Bertz CT molecular complexity index is 1040. The third kappa shape index (κ3) is 3.74. The number of hydrogen-bond donors (Lipinski definition) is 1. The van der Waals surface area contributed by atoms with Crippen molar-refractivity contribution in [3.63, 3.8) is 0 Å². The van der Waals surface area contributed by atoms with Crippen LogP contribution in [-0.4, -0.2) is 26.1 Å². The molecule has 1 aliphatic rings. The first-order valence-electron chi connectivity index (χ1n) is 10.7. The summed E-state index contributed by atoms with van der Waals surface area (Å²) >= 11 is 5.78. The van der Waals surface area contributed by atoms with Gasteiger partial charge in [0.15, 0.2) is 5.11 Å². The number of nitrogens with zero attached hydrogens (tertiary/aromatic N) is 3. The maximum Gasteiger partial charge on any atom is 0.170 e. The highest BCUT2D eigenvalue weighted by Crippen LogP contribution is 2.41. The summed E-state index contributed by atoms with van der Waals surface area (Å²) in [6.45, 7) is 9.72. The van der Waals surface area contributed by atoms with E-state index >= 15 is 0 Å². The summed E-state index contributed by atoms with van der Waals surface area (Å²) in [4.78, 5) is 7.02. The van der Waals surface area contributed by atoms with Gasteiger partial charge in [-0.3, -0.25) is 4.98 Å². The van der Waals surface area contributed by atoms with Crippen LogP contribution >= 0.6 is 12.2 Å². The van der Waals surface area contributed by atoms with Gasteiger partial charge in [-0.2, -0.15) is 0 Å². The molecule has 0 amide bonds. The van der Waals surface area contributed by atoms with Gasteiger partial charge in [0.1, 0.15) is 0 Å². The van der Waals surface area contributed by atoms with Crippen LogP contribution in [0.1, 0.15) is 60.1 Å². The van der Waals surface area contributed by atoms with Gasteiger partial charge >= 0.3 is 0 Å². The molecular formula is C25H30N4S. The van der Waals surface area contributed by atoms with Crippen molar-refractivity contribution in [2.45, 2.75) is 52.6 Å². The minimum Gasteiger partial charge on any atom is -0.352 e. The van der Waals surface area contributed by atoms with Gasteiger partial charge in [-0.25, -0.2) is 0 Å². The van der Waals surface area contributed by atoms with E-state index in [9.17, 15) is 0 Å². The zero-order valence-electron chi connectivity index (χ0n) is 18.2. The van der Waals surface area contributed by atoms with Gasteiger partial charge in [-0.15, -0.1) is 0 Å². The van der Waals surface area contributed by atoms with E-state index in [1.165, 1.54) is 28.2 Å². The van der Waals surface area contributed by atoms with Crippen LogP contribution in [0.3, 0.4) is 0 Å². The molecule has 1 aliphatic heterocycles. The Balaban J connectivity index is 1.82. The highest BCUT2D eigenvalue weighted by Gasteiger charge is 2.41. The van der Waals surface area contributed by atoms with Crippen molar-refractivity contribution in [2.75, 3.05) is 6.54 Å². The molecule has 1 fully saturated rings. The summed E-state index contributed by atoms with van der Waals surface area (Å²) in [5, 5.41) is 4.39. The molecule has 5 heteroatoms. The van der Waals surface area contributed by atoms with Crippen LogP contribution in [0.5, 0.6) is 0 Å². The van der Waals surface area contributed by atoms with Crippen LogP contribution in [-0.2, 0) is 0 Å². The van der Waals surface area contributed by atoms with Gasteiger partial charge in [0.25, 0.3) is 0 Å². The summed E-state index contributed by atoms with van der Waals surface area (Å²) in [7, 11) is 0. The zero-order valence-corrected chi connectivity index (χ0v) is 19.0. The molecule has 1 N–H and O–H groups in total. The van der Waals surface area contributed by atoms with Crippen molar-refractivity contribution < 1.29 is 0 Å². The number of benzene rings is 1. The number of unbranched alkanes of at least 4 members (excludes halogenated alkanes) is 1. The van der Waals surface area contributed by atoms with Gasteiger partial charge in [-0.1, -0.05) is 31.5 Å². The molecule has 0 aliphatic carbocycles. The van der Waals surface area contributed by atoms with Crippen LogP contribution in [0, 0.1) is 20.8 Å². The number of thiocarbonyl (C=S) groups is 1. The van der Waals surface area contributed by atoms with Crippen LogP contribution in [0.2, 0.25) is 0 Å². The largest absolute Gasteiger partial charge is 0.352 e. The van der Waals surface area contributed by atoms with E-state index in [0.29, 0.717) is 0 Å². The number of nitrogens with one attached hydrogen (secondary N) is 1. The maximum absolute atomic E-state index is 5.78. The summed E-state index contributed by atoms with van der Waals surface area (Å²) in [5.74, 6) is 0. The molecular weight excluding hydrogens is 388 g/mol. The number of hydrogen-bond acceptors (Lipinski definition) is 2. The topological polar surface area (TPSA) is 33.1 Å². The Morgan fingerprint density at radius 2 is 1.90 bits per heavy atom. The summed E-state index contributed by atoms with van der Waals surface area (Å²) in [6.07, 6.45) is 4.12. The number of aromatic nitrogens is 2. The van der Waals surface area contributed by atoms with Crippen molar-refractivity contribution in [1.82, 2.24) is 19.8 Å². The zero-order chi connectivity index (χ0) is 21.3. The van der Waals surface area contributed by atoms with Gasteiger partial charge in [0.05, 0.1) is 17.8 Å². The lowest BCUT2D eigenvalue weighted by Gasteiger charge is -2.28. The smallest absolute Gasteiger partial charge is 0.170 e. The van der Waals surface area contributed by atoms with Crippen molar-refractivity contribution >= 4 is 17.3 Å². The predicted octanol–water partition coefficient (Wildman–Crippen LogP) is 5.57. The standard InChI is InChI=1S/C25H30N4S/c1-5-6-14-28-24(23(27-25(28)30)22-12-7-8-13-26-22)21-16-18(3)29(19(21)4)20-11-9-10-17(2)15-20/h7-13,15-16,23-24H,5-6,14H2,1-4H3,(H,27,30)/t23-,24+/m1/s1. The molecule has 2 aromatic heterocycles. The number of aryl methyl sites for hydroxylation is 2. The van der Waals surface area contributed by atoms with Crippen molar-refractivity contribution in [3.05, 3.63) is 82.9 Å². The summed E-state index contributed by atoms with van der Waals surface area (Å²) in [6, 6.07) is 17.3. The molecule has 4 rings (SSSR count). The second-order valence-corrected chi connectivity index (χ2v) is 8.56. The molecule has 3 aromatic rings. The quantitative estimate of drug-likeness (QED) is 0.531. The Hall–Kier alpha value is -2.66. The Morgan fingerprint density at radius 3 is 2.60 bits per heavy atom. The molecule has 156 valence electrons. The molecule has 0 radical (unpaired) electrons. The maximum atomic E-state index is 5.78. The highest BCUT2D eigenvalue weighted by molar-refractivity contribution is 7.80. The van der Waals surface area contributed by atoms with E-state index < -0.39 is 0 Å². The van der Waals surface area contributed by atoms with Crippen LogP contribution in [0.4, 0.5) is 0 Å². The number of rotatable bonds is 6. The lowest BCUT2D eigenvalue weighted by molar-refractivity contribution is 0.312. The minimum absolute atomic E-state index is 0.0435. The molecule has 0 unspecified atom stereocenters. The molecule has 1 saturated heterocycles. The second-order valence-electron chi connectivity index (χ2n) is 8.17. The predicted molar refractivity (Wildman–Crippen MR) is 127 cm³/mol. The van der Waals surface area contributed by atoms with Gasteiger partial charge in [0, 0.05) is 29.8 Å². The van der Waals surface area contributed by atoms with Gasteiger partial charge in [-0.05, 0) is 80.9 Å². The fraction of sp³-hybridized carbons (Fsp3) is 0.360. The number of pyridine rings is 1.